The highest BCUT2D eigenvalue weighted by Crippen LogP contribution is 2.27. The molecule has 0 atom stereocenters. The van der Waals surface area contributed by atoms with Crippen molar-refractivity contribution >= 4 is 11.9 Å². The van der Waals surface area contributed by atoms with Crippen molar-refractivity contribution in [3.8, 4) is 0 Å². The van der Waals surface area contributed by atoms with Crippen LogP contribution in [0.2, 0.25) is 0 Å². The van der Waals surface area contributed by atoms with Gasteiger partial charge in [-0.2, -0.15) is 0 Å². The van der Waals surface area contributed by atoms with E-state index >= 15 is 0 Å². The van der Waals surface area contributed by atoms with Crippen LogP contribution in [0.1, 0.15) is 46.5 Å². The maximum Gasteiger partial charge on any atom is 0.325 e. The molecule has 0 spiro atoms. The molecular formula is C11H20N2O2. The van der Waals surface area contributed by atoms with Crippen molar-refractivity contribution in [1.29, 1.82) is 0 Å². The number of hydrogen-bond acceptors (Lipinski definition) is 2. The van der Waals surface area contributed by atoms with E-state index in [4.69, 9.17) is 0 Å². The van der Waals surface area contributed by atoms with Crippen LogP contribution in [0.4, 0.5) is 4.79 Å². The first kappa shape index (κ1) is 12.0. The highest BCUT2D eigenvalue weighted by atomic mass is 16.2. The summed E-state index contributed by atoms with van der Waals surface area (Å²) in [6, 6.07) is -0.232. The predicted octanol–water partition coefficient (Wildman–Crippen LogP) is 1.90. The van der Waals surface area contributed by atoms with Gasteiger partial charge in [0.05, 0.1) is 0 Å². The summed E-state index contributed by atoms with van der Waals surface area (Å²) in [5, 5.41) is 2.86. The number of imide groups is 1. The Labute approximate surface area is 91.0 Å². The van der Waals surface area contributed by atoms with Gasteiger partial charge in [-0.3, -0.25) is 9.69 Å². The van der Waals surface area contributed by atoms with Gasteiger partial charge in [0.25, 0.3) is 5.91 Å². The average molecular weight is 212 g/mol. The smallest absolute Gasteiger partial charge is 0.323 e. The molecular weight excluding hydrogens is 192 g/mol. The Kier molecular flexibility index (Phi) is 3.72. The third-order valence-corrected chi connectivity index (χ3v) is 2.92. The molecule has 4 nitrogen and oxygen atoms in total. The Morgan fingerprint density at radius 2 is 1.67 bits per heavy atom. The zero-order chi connectivity index (χ0) is 11.5. The summed E-state index contributed by atoms with van der Waals surface area (Å²) in [6.45, 7) is 6.35. The molecule has 15 heavy (non-hydrogen) atoms. The molecule has 3 amide bonds. The van der Waals surface area contributed by atoms with Gasteiger partial charge in [0.2, 0.25) is 0 Å². The Morgan fingerprint density at radius 1 is 1.13 bits per heavy atom. The van der Waals surface area contributed by atoms with Crippen molar-refractivity contribution in [3.63, 3.8) is 0 Å². The van der Waals surface area contributed by atoms with E-state index in [1.807, 2.05) is 20.8 Å². The predicted molar refractivity (Wildman–Crippen MR) is 58.5 cm³/mol. The average Bonchev–Trinajstić information content (AvgIpc) is 2.40. The largest absolute Gasteiger partial charge is 0.325 e. The molecule has 0 aliphatic carbocycles. The van der Waals surface area contributed by atoms with Crippen molar-refractivity contribution in [2.45, 2.75) is 52.0 Å². The van der Waals surface area contributed by atoms with Crippen LogP contribution in [0, 0.1) is 0 Å². The third-order valence-electron chi connectivity index (χ3n) is 2.92. The number of carbonyl (C=O) groups excluding carboxylic acids is 2. The molecule has 0 aromatic carbocycles. The number of nitrogens with one attached hydrogen (secondary N) is 1. The van der Waals surface area contributed by atoms with E-state index in [1.54, 1.807) is 0 Å². The Hall–Kier alpha value is -1.06. The van der Waals surface area contributed by atoms with Crippen LogP contribution in [-0.2, 0) is 4.79 Å². The van der Waals surface area contributed by atoms with E-state index in [1.165, 1.54) is 4.90 Å². The molecule has 4 heteroatoms. The van der Waals surface area contributed by atoms with Crippen molar-refractivity contribution in [1.82, 2.24) is 10.2 Å². The summed E-state index contributed by atoms with van der Waals surface area (Å²) in [5.41, 5.74) is -0.614. The first-order valence-corrected chi connectivity index (χ1v) is 5.75. The van der Waals surface area contributed by atoms with E-state index in [0.29, 0.717) is 6.54 Å². The van der Waals surface area contributed by atoms with Gasteiger partial charge in [-0.1, -0.05) is 26.7 Å². The van der Waals surface area contributed by atoms with Gasteiger partial charge < -0.3 is 5.32 Å². The molecule has 1 N–H and O–H groups in total. The van der Waals surface area contributed by atoms with Gasteiger partial charge in [-0.15, -0.1) is 0 Å². The lowest BCUT2D eigenvalue weighted by Gasteiger charge is -2.25. The fourth-order valence-electron chi connectivity index (χ4n) is 2.28. The number of urea groups is 1. The lowest BCUT2D eigenvalue weighted by Crippen LogP contribution is -2.46. The third kappa shape index (κ3) is 1.98. The first-order chi connectivity index (χ1) is 7.11. The summed E-state index contributed by atoms with van der Waals surface area (Å²) in [7, 11) is 0. The summed E-state index contributed by atoms with van der Waals surface area (Å²) in [6.07, 6.45) is 3.29. The van der Waals surface area contributed by atoms with E-state index in [9.17, 15) is 9.59 Å². The van der Waals surface area contributed by atoms with Crippen molar-refractivity contribution in [2.75, 3.05) is 6.54 Å². The summed E-state index contributed by atoms with van der Waals surface area (Å²) < 4.78 is 0. The van der Waals surface area contributed by atoms with Gasteiger partial charge in [0.15, 0.2) is 0 Å². The van der Waals surface area contributed by atoms with E-state index in [-0.39, 0.29) is 11.9 Å². The lowest BCUT2D eigenvalue weighted by atomic mass is 9.89. The van der Waals surface area contributed by atoms with Crippen molar-refractivity contribution in [3.05, 3.63) is 0 Å². The number of rotatable bonds is 5. The Balaban J connectivity index is 2.90. The van der Waals surface area contributed by atoms with Crippen LogP contribution < -0.4 is 5.32 Å². The number of nitrogens with zero attached hydrogens (tertiary/aromatic N) is 1. The molecule has 86 valence electrons. The lowest BCUT2D eigenvalue weighted by molar-refractivity contribution is -0.131. The second-order valence-corrected chi connectivity index (χ2v) is 4.06. The first-order valence-electron chi connectivity index (χ1n) is 5.75. The number of carbonyl (C=O) groups is 2. The molecule has 0 aromatic heterocycles. The highest BCUT2D eigenvalue weighted by Gasteiger charge is 2.48. The molecule has 0 saturated carbocycles. The zero-order valence-corrected chi connectivity index (χ0v) is 9.80. The maximum atomic E-state index is 12.1. The SMILES string of the molecule is CCCC1(CCC)NC(=O)N(CC)C1=O. The van der Waals surface area contributed by atoms with Crippen LogP contribution in [0.3, 0.4) is 0 Å². The van der Waals surface area contributed by atoms with Crippen LogP contribution >= 0.6 is 0 Å². The molecule has 1 rings (SSSR count). The molecule has 0 bridgehead atoms. The van der Waals surface area contributed by atoms with Crippen LogP contribution in [-0.4, -0.2) is 28.9 Å². The van der Waals surface area contributed by atoms with Gasteiger partial charge in [-0.05, 0) is 19.8 Å². The molecule has 0 aromatic rings. The normalized spacial score (nSPS) is 19.5. The van der Waals surface area contributed by atoms with Crippen LogP contribution in [0.5, 0.6) is 0 Å². The zero-order valence-electron chi connectivity index (χ0n) is 9.80. The number of hydrogen-bond donors (Lipinski definition) is 1. The quantitative estimate of drug-likeness (QED) is 0.707. The van der Waals surface area contributed by atoms with E-state index < -0.39 is 5.54 Å². The number of amides is 3. The van der Waals surface area contributed by atoms with E-state index in [2.05, 4.69) is 5.32 Å². The minimum absolute atomic E-state index is 0.0429. The molecule has 1 saturated heterocycles. The summed E-state index contributed by atoms with van der Waals surface area (Å²) >= 11 is 0. The van der Waals surface area contributed by atoms with Crippen LogP contribution in [0.15, 0.2) is 0 Å². The van der Waals surface area contributed by atoms with Crippen molar-refractivity contribution in [2.24, 2.45) is 0 Å². The van der Waals surface area contributed by atoms with Gasteiger partial charge in [0.1, 0.15) is 5.54 Å². The fraction of sp³-hybridized carbons (Fsp3) is 0.818. The Bertz CT molecular complexity index is 257. The molecule has 0 radical (unpaired) electrons. The highest BCUT2D eigenvalue weighted by molar-refractivity contribution is 6.06. The standard InChI is InChI=1S/C11H20N2O2/c1-4-7-11(8-5-2)9(14)13(6-3)10(15)12-11/h4-8H2,1-3H3,(H,12,15). The monoisotopic (exact) mass is 212 g/mol. The number of likely N-dealkylation sites (N-methyl/N-ethyl adjacent to an activating group) is 1. The minimum atomic E-state index is -0.614. The van der Waals surface area contributed by atoms with E-state index in [0.717, 1.165) is 25.7 Å². The van der Waals surface area contributed by atoms with Crippen molar-refractivity contribution < 1.29 is 9.59 Å². The topological polar surface area (TPSA) is 49.4 Å². The molecule has 1 fully saturated rings. The second-order valence-electron chi connectivity index (χ2n) is 4.06. The van der Waals surface area contributed by atoms with Gasteiger partial charge in [-0.25, -0.2) is 4.79 Å². The molecule has 1 aliphatic heterocycles. The summed E-state index contributed by atoms with van der Waals surface area (Å²) in [5.74, 6) is -0.0429. The Morgan fingerprint density at radius 3 is 2.00 bits per heavy atom. The van der Waals surface area contributed by atoms with Gasteiger partial charge in [0, 0.05) is 6.54 Å². The fourth-order valence-corrected chi connectivity index (χ4v) is 2.28. The van der Waals surface area contributed by atoms with Gasteiger partial charge >= 0.3 is 6.03 Å². The maximum absolute atomic E-state index is 12.1. The summed E-state index contributed by atoms with van der Waals surface area (Å²) in [4.78, 5) is 25.0. The second kappa shape index (κ2) is 4.64. The minimum Gasteiger partial charge on any atom is -0.323 e. The molecule has 1 heterocycles. The van der Waals surface area contributed by atoms with Crippen LogP contribution in [0.25, 0.3) is 0 Å². The molecule has 0 unspecified atom stereocenters. The molecule has 1 aliphatic rings.